The van der Waals surface area contributed by atoms with Gasteiger partial charge in [0.1, 0.15) is 6.07 Å². The molecule has 8 heavy (non-hydrogen) atoms. The maximum atomic E-state index is 5.33. The Bertz CT molecular complexity index is 62.0. The average molecular weight is 185 g/mol. The zero-order valence-electron chi connectivity index (χ0n) is 5.70. The van der Waals surface area contributed by atoms with Gasteiger partial charge in [0.2, 0.25) is 0 Å². The molecule has 0 aliphatic carbocycles. The van der Waals surface area contributed by atoms with Crippen LogP contribution in [0.3, 0.4) is 0 Å². The molecular weight excluding hydrogens is 172 g/mol. The van der Waals surface area contributed by atoms with Gasteiger partial charge in [0, 0.05) is 37.3 Å². The molecule has 0 spiro atoms. The van der Waals surface area contributed by atoms with Gasteiger partial charge in [0.05, 0.1) is 0 Å². The summed E-state index contributed by atoms with van der Waals surface area (Å²) in [6.45, 7) is 0.918. The summed E-state index contributed by atoms with van der Waals surface area (Å²) < 4.78 is 5.73. The van der Waals surface area contributed by atoms with E-state index in [-0.39, 0.29) is 0 Å². The Morgan fingerprint density at radius 1 is 1.38 bits per heavy atom. The molecule has 0 saturated carbocycles. The van der Waals surface area contributed by atoms with E-state index in [4.69, 9.17) is 16.3 Å². The lowest BCUT2D eigenvalue weighted by Crippen LogP contribution is -2.19. The minimum absolute atomic E-state index is 0.370. The highest BCUT2D eigenvalue weighted by Gasteiger charge is 2.08. The SMILES string of the molecule is [SiH3]C([SiH3])([SiH3])COCCl. The van der Waals surface area contributed by atoms with Crippen LogP contribution in [-0.4, -0.2) is 43.4 Å². The summed E-state index contributed by atoms with van der Waals surface area (Å²) in [6.07, 6.45) is 0. The van der Waals surface area contributed by atoms with Crippen molar-refractivity contribution in [2.45, 2.75) is 4.28 Å². The first-order valence-corrected chi connectivity index (χ1v) is 6.23. The summed E-state index contributed by atoms with van der Waals surface area (Å²) in [6, 6.07) is 0.370. The summed E-state index contributed by atoms with van der Waals surface area (Å²) in [5.74, 6) is 0. The standard InChI is InChI=1S/C3H13ClOSi3/c4-2-5-1-3(6,7)8/h1-2H2,6-8H3. The van der Waals surface area contributed by atoms with Crippen LogP contribution in [0.25, 0.3) is 0 Å². The summed E-state index contributed by atoms with van der Waals surface area (Å²) >= 11 is 5.33. The number of ether oxygens (including phenoxy) is 1. The van der Waals surface area contributed by atoms with Crippen LogP contribution in [-0.2, 0) is 4.74 Å². The van der Waals surface area contributed by atoms with E-state index in [0.29, 0.717) is 10.4 Å². The molecule has 0 heterocycles. The number of halogens is 1. The van der Waals surface area contributed by atoms with E-state index >= 15 is 0 Å². The van der Waals surface area contributed by atoms with Crippen molar-refractivity contribution < 1.29 is 4.74 Å². The predicted molar refractivity (Wildman–Crippen MR) is 49.2 cm³/mol. The van der Waals surface area contributed by atoms with E-state index < -0.39 is 0 Å². The fourth-order valence-electron chi connectivity index (χ4n) is 0.345. The molecule has 0 aliphatic heterocycles. The van der Waals surface area contributed by atoms with Crippen molar-refractivity contribution in [3.05, 3.63) is 0 Å². The lowest BCUT2D eigenvalue weighted by Gasteiger charge is -2.15. The second kappa shape index (κ2) is 3.84. The van der Waals surface area contributed by atoms with Crippen molar-refractivity contribution >= 4 is 42.3 Å². The van der Waals surface area contributed by atoms with E-state index in [1.165, 1.54) is 30.7 Å². The Morgan fingerprint density at radius 3 is 2.00 bits per heavy atom. The van der Waals surface area contributed by atoms with E-state index in [2.05, 4.69) is 0 Å². The molecule has 0 rings (SSSR count). The normalized spacial score (nSPS) is 19.1. The van der Waals surface area contributed by atoms with Gasteiger partial charge in [-0.1, -0.05) is 11.6 Å². The molecule has 0 aromatic rings. The van der Waals surface area contributed by atoms with Gasteiger partial charge in [-0.25, -0.2) is 0 Å². The molecule has 0 amide bonds. The smallest absolute Gasteiger partial charge is 0.120 e. The van der Waals surface area contributed by atoms with Crippen molar-refractivity contribution in [1.82, 2.24) is 0 Å². The predicted octanol–water partition coefficient (Wildman–Crippen LogP) is -2.63. The summed E-state index contributed by atoms with van der Waals surface area (Å²) in [7, 11) is 3.85. The largest absolute Gasteiger partial charge is 0.366 e. The van der Waals surface area contributed by atoms with E-state index in [1.807, 2.05) is 0 Å². The number of hydrogen-bond donors (Lipinski definition) is 0. The number of rotatable bonds is 3. The third-order valence-corrected chi connectivity index (χ3v) is 1.63. The zero-order chi connectivity index (χ0) is 6.62. The third-order valence-electron chi connectivity index (χ3n) is 0.612. The topological polar surface area (TPSA) is 9.23 Å². The van der Waals surface area contributed by atoms with Gasteiger partial charge in [0.15, 0.2) is 0 Å². The van der Waals surface area contributed by atoms with Gasteiger partial charge in [-0.2, -0.15) is 0 Å². The Hall–Kier alpha value is 0.901. The van der Waals surface area contributed by atoms with Crippen LogP contribution in [0.5, 0.6) is 0 Å². The molecule has 0 aromatic carbocycles. The van der Waals surface area contributed by atoms with Crippen LogP contribution < -0.4 is 0 Å². The van der Waals surface area contributed by atoms with Crippen molar-refractivity contribution in [2.24, 2.45) is 0 Å². The lowest BCUT2D eigenvalue weighted by molar-refractivity contribution is 0.183. The second-order valence-electron chi connectivity index (χ2n) is 3.02. The third kappa shape index (κ3) is 6.90. The Labute approximate surface area is 64.4 Å². The molecule has 0 aromatic heterocycles. The fraction of sp³-hybridized carbons (Fsp3) is 1.00. The maximum absolute atomic E-state index is 5.33. The molecule has 5 heteroatoms. The molecule has 0 radical (unpaired) electrons. The van der Waals surface area contributed by atoms with Crippen LogP contribution in [0.15, 0.2) is 0 Å². The minimum Gasteiger partial charge on any atom is -0.366 e. The maximum Gasteiger partial charge on any atom is 0.120 e. The number of alkyl halides is 1. The fourth-order valence-corrected chi connectivity index (χ4v) is 1.03. The molecule has 0 bridgehead atoms. The van der Waals surface area contributed by atoms with Gasteiger partial charge in [-0.3, -0.25) is 0 Å². The van der Waals surface area contributed by atoms with Crippen molar-refractivity contribution in [3.63, 3.8) is 0 Å². The average Bonchev–Trinajstić information content (AvgIpc) is 1.59. The molecule has 0 atom stereocenters. The first-order valence-electron chi connectivity index (χ1n) is 2.70. The van der Waals surface area contributed by atoms with Crippen LogP contribution in [0.2, 0.25) is 4.28 Å². The Kier molecular flexibility index (Phi) is 4.27. The Balaban J connectivity index is 3.11. The van der Waals surface area contributed by atoms with Gasteiger partial charge in [-0.05, 0) is 4.28 Å². The van der Waals surface area contributed by atoms with Crippen LogP contribution in [0, 0.1) is 0 Å². The molecule has 1 nitrogen and oxygen atoms in total. The highest BCUT2D eigenvalue weighted by Crippen LogP contribution is 2.07. The first kappa shape index (κ1) is 8.90. The van der Waals surface area contributed by atoms with Crippen molar-refractivity contribution in [2.75, 3.05) is 12.7 Å². The Morgan fingerprint density at radius 2 is 1.88 bits per heavy atom. The molecule has 0 saturated heterocycles. The molecule has 0 N–H and O–H groups in total. The molecular formula is C3H13ClOSi3. The van der Waals surface area contributed by atoms with Crippen LogP contribution in [0.4, 0.5) is 0 Å². The molecule has 0 unspecified atom stereocenters. The summed E-state index contributed by atoms with van der Waals surface area (Å²) in [5.41, 5.74) is 0. The minimum atomic E-state index is 0.370. The second-order valence-corrected chi connectivity index (χ2v) is 17.4. The van der Waals surface area contributed by atoms with Gasteiger partial charge >= 0.3 is 0 Å². The van der Waals surface area contributed by atoms with Gasteiger partial charge < -0.3 is 4.74 Å². The lowest BCUT2D eigenvalue weighted by atomic mass is 10.8. The summed E-state index contributed by atoms with van der Waals surface area (Å²) in [5, 5.41) is 0. The highest BCUT2D eigenvalue weighted by atomic mass is 35.5. The molecule has 0 fully saturated rings. The highest BCUT2D eigenvalue weighted by molar-refractivity contribution is 6.59. The van der Waals surface area contributed by atoms with Crippen molar-refractivity contribution in [3.8, 4) is 0 Å². The zero-order valence-corrected chi connectivity index (χ0v) is 12.5. The van der Waals surface area contributed by atoms with Crippen molar-refractivity contribution in [1.29, 1.82) is 0 Å². The van der Waals surface area contributed by atoms with E-state index in [0.717, 1.165) is 6.61 Å². The molecule has 0 aliphatic rings. The molecule has 50 valence electrons. The van der Waals surface area contributed by atoms with Gasteiger partial charge in [0.25, 0.3) is 0 Å². The van der Waals surface area contributed by atoms with Crippen LogP contribution in [0.1, 0.15) is 0 Å². The monoisotopic (exact) mass is 184 g/mol. The number of hydrogen-bond acceptors (Lipinski definition) is 1. The van der Waals surface area contributed by atoms with Gasteiger partial charge in [-0.15, -0.1) is 0 Å². The first-order chi connectivity index (χ1) is 3.56. The van der Waals surface area contributed by atoms with E-state index in [1.54, 1.807) is 0 Å². The van der Waals surface area contributed by atoms with Crippen LogP contribution >= 0.6 is 11.6 Å². The van der Waals surface area contributed by atoms with E-state index in [9.17, 15) is 0 Å². The quantitative estimate of drug-likeness (QED) is 0.345. The summed E-state index contributed by atoms with van der Waals surface area (Å²) in [4.78, 5) is 0.